The van der Waals surface area contributed by atoms with Crippen molar-refractivity contribution >= 4 is 28.6 Å². The number of esters is 1. The number of carbonyl (C=O) groups is 2. The van der Waals surface area contributed by atoms with E-state index in [0.717, 1.165) is 17.0 Å². The molecular formula is C27H24N4O3. The van der Waals surface area contributed by atoms with Gasteiger partial charge in [0.1, 0.15) is 5.82 Å². The lowest BCUT2D eigenvalue weighted by Crippen LogP contribution is -2.40. The molecule has 1 atom stereocenters. The summed E-state index contributed by atoms with van der Waals surface area (Å²) >= 11 is 0. The molecule has 0 aliphatic heterocycles. The first-order chi connectivity index (χ1) is 16.5. The average Bonchev–Trinajstić information content (AvgIpc) is 3.20. The highest BCUT2D eigenvalue weighted by atomic mass is 16.5. The second-order valence-corrected chi connectivity index (χ2v) is 7.81. The number of nitrogens with zero attached hydrogens (tertiary/aromatic N) is 4. The molecule has 34 heavy (non-hydrogen) atoms. The molecule has 0 spiro atoms. The number of aromatic nitrogens is 2. The quantitative estimate of drug-likeness (QED) is 0.375. The van der Waals surface area contributed by atoms with Crippen LogP contribution in [0.2, 0.25) is 0 Å². The molecule has 1 heterocycles. The number of ether oxygens (including phenoxy) is 1. The van der Waals surface area contributed by atoms with Crippen LogP contribution in [0.4, 0.5) is 5.69 Å². The van der Waals surface area contributed by atoms with Crippen LogP contribution >= 0.6 is 0 Å². The van der Waals surface area contributed by atoms with Crippen LogP contribution in [0.3, 0.4) is 0 Å². The number of benzene rings is 3. The maximum atomic E-state index is 13.1. The summed E-state index contributed by atoms with van der Waals surface area (Å²) in [6.07, 6.45) is -0.854. The molecule has 0 unspecified atom stereocenters. The summed E-state index contributed by atoms with van der Waals surface area (Å²) in [5.41, 5.74) is 3.48. The van der Waals surface area contributed by atoms with E-state index in [1.165, 1.54) is 11.8 Å². The van der Waals surface area contributed by atoms with Crippen molar-refractivity contribution in [3.63, 3.8) is 0 Å². The Labute approximate surface area is 197 Å². The lowest BCUT2D eigenvalue weighted by atomic mass is 10.2. The Morgan fingerprint density at radius 3 is 2.41 bits per heavy atom. The van der Waals surface area contributed by atoms with Crippen LogP contribution in [-0.2, 0) is 9.53 Å². The predicted molar refractivity (Wildman–Crippen MR) is 130 cm³/mol. The maximum absolute atomic E-state index is 13.1. The third kappa shape index (κ3) is 4.66. The van der Waals surface area contributed by atoms with Gasteiger partial charge in [-0.2, -0.15) is 5.26 Å². The molecule has 4 aromatic rings. The van der Waals surface area contributed by atoms with Crippen molar-refractivity contribution in [3.05, 3.63) is 90.3 Å². The molecule has 7 heteroatoms. The Morgan fingerprint density at radius 1 is 1.06 bits per heavy atom. The molecule has 0 bridgehead atoms. The van der Waals surface area contributed by atoms with Crippen LogP contribution in [0, 0.1) is 18.3 Å². The highest BCUT2D eigenvalue weighted by Gasteiger charge is 2.26. The van der Waals surface area contributed by atoms with E-state index in [1.807, 2.05) is 66.1 Å². The molecule has 0 N–H and O–H groups in total. The minimum Gasteiger partial charge on any atom is -0.449 e. The van der Waals surface area contributed by atoms with Crippen LogP contribution in [0.15, 0.2) is 78.9 Å². The molecule has 170 valence electrons. The fraction of sp³-hybridized carbons (Fsp3) is 0.185. The van der Waals surface area contributed by atoms with Gasteiger partial charge in [-0.3, -0.25) is 9.36 Å². The van der Waals surface area contributed by atoms with Crippen LogP contribution in [0.5, 0.6) is 0 Å². The lowest BCUT2D eigenvalue weighted by Gasteiger charge is -2.25. The summed E-state index contributed by atoms with van der Waals surface area (Å²) in [7, 11) is 0. The number of aryl methyl sites for hydroxylation is 1. The summed E-state index contributed by atoms with van der Waals surface area (Å²) in [4.78, 5) is 32.0. The van der Waals surface area contributed by atoms with Crippen molar-refractivity contribution in [2.24, 2.45) is 0 Å². The van der Waals surface area contributed by atoms with Crippen LogP contribution in [-0.4, -0.2) is 34.1 Å². The van der Waals surface area contributed by atoms with Crippen molar-refractivity contribution in [3.8, 4) is 11.8 Å². The molecule has 0 saturated carbocycles. The van der Waals surface area contributed by atoms with E-state index in [-0.39, 0.29) is 18.9 Å². The van der Waals surface area contributed by atoms with Gasteiger partial charge in [-0.15, -0.1) is 0 Å². The smallest absolute Gasteiger partial charge is 0.338 e. The minimum absolute atomic E-state index is 0.168. The predicted octanol–water partition coefficient (Wildman–Crippen LogP) is 4.83. The summed E-state index contributed by atoms with van der Waals surface area (Å²) in [6, 6.07) is 26.1. The van der Waals surface area contributed by atoms with Crippen molar-refractivity contribution in [1.29, 1.82) is 5.26 Å². The van der Waals surface area contributed by atoms with Gasteiger partial charge in [0.15, 0.2) is 6.10 Å². The largest absolute Gasteiger partial charge is 0.449 e. The first-order valence-corrected chi connectivity index (χ1v) is 11.0. The molecular weight excluding hydrogens is 428 g/mol. The molecule has 0 saturated heterocycles. The van der Waals surface area contributed by atoms with Gasteiger partial charge in [-0.25, -0.2) is 9.78 Å². The van der Waals surface area contributed by atoms with Crippen LogP contribution in [0.25, 0.3) is 16.7 Å². The highest BCUT2D eigenvalue weighted by molar-refractivity contribution is 6.00. The highest BCUT2D eigenvalue weighted by Crippen LogP contribution is 2.23. The number of nitriles is 1. The number of carbonyl (C=O) groups excluding carboxylic acids is 2. The van der Waals surface area contributed by atoms with E-state index in [1.54, 1.807) is 24.3 Å². The Morgan fingerprint density at radius 2 is 1.74 bits per heavy atom. The average molecular weight is 453 g/mol. The van der Waals surface area contributed by atoms with E-state index in [0.29, 0.717) is 16.8 Å². The number of anilines is 1. The number of fused-ring (bicyclic) bond motifs is 1. The summed E-state index contributed by atoms with van der Waals surface area (Å²) in [5.74, 6) is -0.200. The lowest BCUT2D eigenvalue weighted by molar-refractivity contribution is -0.126. The Hall–Kier alpha value is -4.44. The van der Waals surface area contributed by atoms with Gasteiger partial charge in [-0.05, 0) is 56.3 Å². The van der Waals surface area contributed by atoms with E-state index in [9.17, 15) is 9.59 Å². The number of rotatable bonds is 7. The topological polar surface area (TPSA) is 88.2 Å². The number of imidazole rings is 1. The zero-order valence-corrected chi connectivity index (χ0v) is 19.0. The normalized spacial score (nSPS) is 11.6. The van der Waals surface area contributed by atoms with Gasteiger partial charge in [0.05, 0.1) is 29.1 Å². The van der Waals surface area contributed by atoms with Crippen molar-refractivity contribution in [2.45, 2.75) is 26.4 Å². The van der Waals surface area contributed by atoms with E-state index in [2.05, 4.69) is 11.1 Å². The molecule has 0 aliphatic carbocycles. The van der Waals surface area contributed by atoms with Gasteiger partial charge in [0, 0.05) is 17.9 Å². The minimum atomic E-state index is -1.02. The Balaban J connectivity index is 1.54. The molecule has 0 aliphatic rings. The zero-order chi connectivity index (χ0) is 24.1. The van der Waals surface area contributed by atoms with Gasteiger partial charge < -0.3 is 9.64 Å². The number of amides is 1. The SMILES string of the molecule is Cc1nc2cc(C(=O)O[C@H](C)C(=O)N(CCC#N)c3ccccc3)ccc2n1-c1ccccc1. The third-order valence-corrected chi connectivity index (χ3v) is 5.48. The van der Waals surface area contributed by atoms with E-state index in [4.69, 9.17) is 10.00 Å². The zero-order valence-electron chi connectivity index (χ0n) is 19.0. The Bertz CT molecular complexity index is 1360. The summed E-state index contributed by atoms with van der Waals surface area (Å²) < 4.78 is 7.52. The summed E-state index contributed by atoms with van der Waals surface area (Å²) in [6.45, 7) is 3.66. The van der Waals surface area contributed by atoms with E-state index < -0.39 is 12.1 Å². The van der Waals surface area contributed by atoms with Crippen molar-refractivity contribution in [2.75, 3.05) is 11.4 Å². The van der Waals surface area contributed by atoms with E-state index >= 15 is 0 Å². The molecule has 1 amide bonds. The number of hydrogen-bond acceptors (Lipinski definition) is 5. The molecule has 4 rings (SSSR count). The maximum Gasteiger partial charge on any atom is 0.338 e. The fourth-order valence-corrected chi connectivity index (χ4v) is 3.87. The van der Waals surface area contributed by atoms with Gasteiger partial charge in [0.25, 0.3) is 5.91 Å². The molecule has 3 aromatic carbocycles. The number of hydrogen-bond donors (Lipinski definition) is 0. The monoisotopic (exact) mass is 452 g/mol. The van der Waals surface area contributed by atoms with Crippen molar-refractivity contribution < 1.29 is 14.3 Å². The van der Waals surface area contributed by atoms with Crippen LogP contribution in [0.1, 0.15) is 29.5 Å². The first-order valence-electron chi connectivity index (χ1n) is 11.0. The second kappa shape index (κ2) is 10.0. The van der Waals surface area contributed by atoms with Gasteiger partial charge in [-0.1, -0.05) is 36.4 Å². The van der Waals surface area contributed by atoms with Gasteiger partial charge in [0.2, 0.25) is 0 Å². The third-order valence-electron chi connectivity index (χ3n) is 5.48. The first kappa shape index (κ1) is 22.7. The molecule has 0 fully saturated rings. The molecule has 0 radical (unpaired) electrons. The molecule has 1 aromatic heterocycles. The van der Waals surface area contributed by atoms with Crippen molar-refractivity contribution in [1.82, 2.24) is 9.55 Å². The fourth-order valence-electron chi connectivity index (χ4n) is 3.87. The van der Waals surface area contributed by atoms with Gasteiger partial charge >= 0.3 is 5.97 Å². The second-order valence-electron chi connectivity index (χ2n) is 7.81. The molecule has 7 nitrogen and oxygen atoms in total. The van der Waals surface area contributed by atoms with Crippen LogP contribution < -0.4 is 4.90 Å². The Kier molecular flexibility index (Phi) is 6.69. The number of para-hydroxylation sites is 2. The standard InChI is InChI=1S/C27H24N4O3/c1-19(26(32)30(17-9-16-28)22-10-5-3-6-11-22)34-27(33)21-14-15-25-24(18-21)29-20(2)31(25)23-12-7-4-8-13-23/h3-8,10-15,18-19H,9,17H2,1-2H3/t19-/m1/s1. The summed E-state index contributed by atoms with van der Waals surface area (Å²) in [5, 5.41) is 8.98.